The third kappa shape index (κ3) is 6.39. The Morgan fingerprint density at radius 1 is 1.17 bits per heavy atom. The molecule has 2 unspecified atom stereocenters. The molecule has 3 N–H and O–H groups in total. The highest BCUT2D eigenvalue weighted by Crippen LogP contribution is 2.28. The summed E-state index contributed by atoms with van der Waals surface area (Å²) in [4.78, 5) is 49.2. The molecule has 29 heavy (non-hydrogen) atoms. The van der Waals surface area contributed by atoms with E-state index in [0.29, 0.717) is 11.4 Å². The summed E-state index contributed by atoms with van der Waals surface area (Å²) in [6.45, 7) is 1.32. The SMILES string of the molecule is COC(=O)C(CC(=O)N(N)C(=O)C(NC(C)=O)C1CCCC1)Cc1ccccc1. The van der Waals surface area contributed by atoms with E-state index in [1.165, 1.54) is 14.0 Å². The molecule has 0 aromatic heterocycles. The fourth-order valence-electron chi connectivity index (χ4n) is 3.78. The van der Waals surface area contributed by atoms with Gasteiger partial charge in [-0.05, 0) is 30.7 Å². The van der Waals surface area contributed by atoms with Crippen molar-refractivity contribution in [3.8, 4) is 0 Å². The van der Waals surface area contributed by atoms with Gasteiger partial charge in [-0.2, -0.15) is 0 Å². The topological polar surface area (TPSA) is 119 Å². The van der Waals surface area contributed by atoms with Crippen molar-refractivity contribution in [2.45, 2.75) is 51.5 Å². The monoisotopic (exact) mass is 403 g/mol. The molecule has 0 spiro atoms. The Balaban J connectivity index is 2.09. The van der Waals surface area contributed by atoms with Crippen molar-refractivity contribution in [1.82, 2.24) is 10.3 Å². The van der Waals surface area contributed by atoms with E-state index in [1.807, 2.05) is 30.3 Å². The maximum absolute atomic E-state index is 12.8. The summed E-state index contributed by atoms with van der Waals surface area (Å²) >= 11 is 0. The molecule has 1 aromatic rings. The number of esters is 1. The molecule has 0 saturated heterocycles. The fourth-order valence-corrected chi connectivity index (χ4v) is 3.78. The standard InChI is InChI=1S/C21H29N3O5/c1-14(25)23-19(16-10-6-7-11-16)20(27)24(22)18(26)13-17(21(28)29-2)12-15-8-4-3-5-9-15/h3-5,8-9,16-17,19H,6-7,10-13,22H2,1-2H3,(H,23,25). The van der Waals surface area contributed by atoms with E-state index >= 15 is 0 Å². The Bertz CT molecular complexity index is 731. The molecule has 0 heterocycles. The van der Waals surface area contributed by atoms with Gasteiger partial charge in [0.15, 0.2) is 0 Å². The van der Waals surface area contributed by atoms with Crippen molar-refractivity contribution >= 4 is 23.7 Å². The van der Waals surface area contributed by atoms with Crippen LogP contribution >= 0.6 is 0 Å². The van der Waals surface area contributed by atoms with Crippen LogP contribution in [0.15, 0.2) is 30.3 Å². The first-order valence-electron chi connectivity index (χ1n) is 9.83. The highest BCUT2D eigenvalue weighted by molar-refractivity contribution is 5.99. The van der Waals surface area contributed by atoms with Gasteiger partial charge in [-0.25, -0.2) is 10.9 Å². The van der Waals surface area contributed by atoms with E-state index in [1.54, 1.807) is 0 Å². The third-order valence-electron chi connectivity index (χ3n) is 5.28. The Morgan fingerprint density at radius 2 is 1.79 bits per heavy atom. The van der Waals surface area contributed by atoms with Crippen LogP contribution in [0.5, 0.6) is 0 Å². The molecule has 0 bridgehead atoms. The molecule has 1 aliphatic rings. The Morgan fingerprint density at radius 3 is 2.34 bits per heavy atom. The zero-order chi connectivity index (χ0) is 21.4. The van der Waals surface area contributed by atoms with Crippen LogP contribution in [-0.2, 0) is 30.3 Å². The summed E-state index contributed by atoms with van der Waals surface area (Å²) in [5.41, 5.74) is 0.868. The number of amides is 3. The van der Waals surface area contributed by atoms with Crippen molar-refractivity contribution in [2.75, 3.05) is 7.11 Å². The number of rotatable bonds is 8. The van der Waals surface area contributed by atoms with Crippen LogP contribution < -0.4 is 11.2 Å². The highest BCUT2D eigenvalue weighted by Gasteiger charge is 2.36. The number of carbonyl (C=O) groups excluding carboxylic acids is 4. The zero-order valence-corrected chi connectivity index (χ0v) is 16.9. The molecule has 1 aromatic carbocycles. The van der Waals surface area contributed by atoms with Crippen LogP contribution in [0.25, 0.3) is 0 Å². The molecule has 0 radical (unpaired) electrons. The number of nitrogens with zero attached hydrogens (tertiary/aromatic N) is 1. The predicted molar refractivity (Wildman–Crippen MR) is 106 cm³/mol. The second-order valence-corrected chi connectivity index (χ2v) is 7.44. The first-order chi connectivity index (χ1) is 13.8. The predicted octanol–water partition coefficient (Wildman–Crippen LogP) is 1.33. The minimum absolute atomic E-state index is 0.0500. The van der Waals surface area contributed by atoms with Gasteiger partial charge >= 0.3 is 5.97 Å². The van der Waals surface area contributed by atoms with Crippen molar-refractivity contribution in [3.05, 3.63) is 35.9 Å². The van der Waals surface area contributed by atoms with E-state index in [9.17, 15) is 19.2 Å². The van der Waals surface area contributed by atoms with Crippen molar-refractivity contribution in [2.24, 2.45) is 17.7 Å². The number of hydrogen-bond donors (Lipinski definition) is 2. The number of nitrogens with two attached hydrogens (primary N) is 1. The lowest BCUT2D eigenvalue weighted by Gasteiger charge is -2.27. The van der Waals surface area contributed by atoms with E-state index in [4.69, 9.17) is 10.6 Å². The van der Waals surface area contributed by atoms with Gasteiger partial charge in [0.2, 0.25) is 11.8 Å². The van der Waals surface area contributed by atoms with Crippen LogP contribution in [0.3, 0.4) is 0 Å². The van der Waals surface area contributed by atoms with Gasteiger partial charge in [0.05, 0.1) is 13.0 Å². The van der Waals surface area contributed by atoms with Crippen LogP contribution in [0.1, 0.15) is 44.6 Å². The Hall–Kier alpha value is -2.74. The number of ether oxygens (including phenoxy) is 1. The number of hydrogen-bond acceptors (Lipinski definition) is 6. The van der Waals surface area contributed by atoms with Crippen LogP contribution in [0, 0.1) is 11.8 Å². The van der Waals surface area contributed by atoms with E-state index < -0.39 is 29.7 Å². The first-order valence-corrected chi connectivity index (χ1v) is 9.83. The minimum Gasteiger partial charge on any atom is -0.469 e. The Labute approximate surface area is 170 Å². The largest absolute Gasteiger partial charge is 0.469 e. The summed E-state index contributed by atoms with van der Waals surface area (Å²) in [5.74, 6) is 2.77. The number of hydrazine groups is 1. The van der Waals surface area contributed by atoms with Crippen LogP contribution in [-0.4, -0.2) is 41.9 Å². The van der Waals surface area contributed by atoms with Gasteiger partial charge < -0.3 is 10.1 Å². The molecule has 2 atom stereocenters. The van der Waals surface area contributed by atoms with Crippen LogP contribution in [0.2, 0.25) is 0 Å². The van der Waals surface area contributed by atoms with Gasteiger partial charge in [0.25, 0.3) is 5.91 Å². The third-order valence-corrected chi connectivity index (χ3v) is 5.28. The molecule has 1 saturated carbocycles. The average Bonchev–Trinajstić information content (AvgIpc) is 3.25. The summed E-state index contributed by atoms with van der Waals surface area (Å²) < 4.78 is 4.81. The van der Waals surface area contributed by atoms with Crippen molar-refractivity contribution < 1.29 is 23.9 Å². The number of nitrogens with one attached hydrogen (secondary N) is 1. The molecular formula is C21H29N3O5. The summed E-state index contributed by atoms with van der Waals surface area (Å²) in [5, 5.41) is 3.17. The second kappa shape index (κ2) is 10.7. The van der Waals surface area contributed by atoms with Crippen molar-refractivity contribution in [1.29, 1.82) is 0 Å². The van der Waals surface area contributed by atoms with E-state index in [2.05, 4.69) is 5.32 Å². The molecule has 2 rings (SSSR count). The number of carbonyl (C=O) groups is 4. The number of benzene rings is 1. The maximum Gasteiger partial charge on any atom is 0.309 e. The van der Waals surface area contributed by atoms with Gasteiger partial charge in [-0.15, -0.1) is 0 Å². The smallest absolute Gasteiger partial charge is 0.309 e. The highest BCUT2D eigenvalue weighted by atomic mass is 16.5. The van der Waals surface area contributed by atoms with Crippen LogP contribution in [0.4, 0.5) is 0 Å². The molecule has 8 nitrogen and oxygen atoms in total. The summed E-state index contributed by atoms with van der Waals surface area (Å²) in [6.07, 6.45) is 3.54. The molecule has 8 heteroatoms. The van der Waals surface area contributed by atoms with Gasteiger partial charge in [-0.1, -0.05) is 43.2 Å². The number of imide groups is 1. The van der Waals surface area contributed by atoms with E-state index in [-0.39, 0.29) is 18.2 Å². The molecule has 3 amide bonds. The summed E-state index contributed by atoms with van der Waals surface area (Å²) in [7, 11) is 1.25. The fraction of sp³-hybridized carbons (Fsp3) is 0.524. The summed E-state index contributed by atoms with van der Waals surface area (Å²) in [6, 6.07) is 8.38. The lowest BCUT2D eigenvalue weighted by atomic mass is 9.94. The maximum atomic E-state index is 12.8. The van der Waals surface area contributed by atoms with Gasteiger partial charge in [0, 0.05) is 13.3 Å². The quantitative estimate of drug-likeness (QED) is 0.293. The molecular weight excluding hydrogens is 374 g/mol. The second-order valence-electron chi connectivity index (χ2n) is 7.44. The van der Waals surface area contributed by atoms with Gasteiger partial charge in [0.1, 0.15) is 6.04 Å². The average molecular weight is 403 g/mol. The number of methoxy groups -OCH3 is 1. The molecule has 0 aliphatic heterocycles. The molecule has 158 valence electrons. The zero-order valence-electron chi connectivity index (χ0n) is 16.9. The normalized spacial score (nSPS) is 16.0. The lowest BCUT2D eigenvalue weighted by molar-refractivity contribution is -0.153. The Kier molecular flexibility index (Phi) is 8.33. The van der Waals surface area contributed by atoms with Crippen molar-refractivity contribution in [3.63, 3.8) is 0 Å². The lowest BCUT2D eigenvalue weighted by Crippen LogP contribution is -2.56. The van der Waals surface area contributed by atoms with Gasteiger partial charge in [-0.3, -0.25) is 19.2 Å². The molecule has 1 aliphatic carbocycles. The molecule has 1 fully saturated rings. The minimum atomic E-state index is -0.838. The van der Waals surface area contributed by atoms with E-state index in [0.717, 1.165) is 31.2 Å². The first kappa shape index (κ1) is 22.5.